The first-order valence-electron chi connectivity index (χ1n) is 9.84. The van der Waals surface area contributed by atoms with Gasteiger partial charge in [-0.05, 0) is 75.9 Å². The summed E-state index contributed by atoms with van der Waals surface area (Å²) in [5, 5.41) is 4.74. The zero-order valence-electron chi connectivity index (χ0n) is 17.3. The number of amides is 1. The summed E-state index contributed by atoms with van der Waals surface area (Å²) < 4.78 is 13.4. The molecular weight excluding hydrogens is 560 g/mol. The summed E-state index contributed by atoms with van der Waals surface area (Å²) in [6.07, 6.45) is 1.81. The third-order valence-electron chi connectivity index (χ3n) is 4.31. The van der Waals surface area contributed by atoms with E-state index in [2.05, 4.69) is 42.4 Å². The molecule has 3 rings (SSSR count). The predicted molar refractivity (Wildman–Crippen MR) is 135 cm³/mol. The molecule has 166 valence electrons. The minimum Gasteiger partial charge on any atom is -0.490 e. The Labute approximate surface area is 209 Å². The summed E-state index contributed by atoms with van der Waals surface area (Å²) in [5.41, 5.74) is 5.20. The fourth-order valence-electron chi connectivity index (χ4n) is 2.81. The van der Waals surface area contributed by atoms with Gasteiger partial charge in [-0.15, -0.1) is 0 Å². The Morgan fingerprint density at radius 3 is 2.41 bits per heavy atom. The molecule has 1 amide bonds. The highest BCUT2D eigenvalue weighted by Gasteiger charge is 2.12. The molecule has 0 spiro atoms. The molecular formula is C24H21Br2ClN2O3. The molecule has 0 heterocycles. The number of hydrazone groups is 1. The van der Waals surface area contributed by atoms with Gasteiger partial charge in [-0.25, -0.2) is 5.43 Å². The van der Waals surface area contributed by atoms with E-state index >= 15 is 0 Å². The van der Waals surface area contributed by atoms with Gasteiger partial charge in [-0.1, -0.05) is 51.8 Å². The molecule has 0 aliphatic rings. The molecule has 1 N–H and O–H groups in total. The van der Waals surface area contributed by atoms with Gasteiger partial charge in [0.1, 0.15) is 6.61 Å². The Morgan fingerprint density at radius 1 is 1.03 bits per heavy atom. The second-order valence-electron chi connectivity index (χ2n) is 6.77. The summed E-state index contributed by atoms with van der Waals surface area (Å²) in [6, 6.07) is 18.7. The number of nitrogens with zero attached hydrogens (tertiary/aromatic N) is 1. The summed E-state index contributed by atoms with van der Waals surface area (Å²) in [6.45, 7) is 2.75. The van der Waals surface area contributed by atoms with Gasteiger partial charge in [0.15, 0.2) is 11.5 Å². The molecule has 0 saturated heterocycles. The molecule has 5 nitrogen and oxygen atoms in total. The van der Waals surface area contributed by atoms with Crippen LogP contribution < -0.4 is 14.9 Å². The van der Waals surface area contributed by atoms with E-state index in [-0.39, 0.29) is 12.3 Å². The van der Waals surface area contributed by atoms with Gasteiger partial charge in [0, 0.05) is 9.50 Å². The average Bonchev–Trinajstić information content (AvgIpc) is 2.76. The van der Waals surface area contributed by atoms with Crippen LogP contribution in [0.3, 0.4) is 0 Å². The summed E-state index contributed by atoms with van der Waals surface area (Å²) in [5.74, 6) is 0.979. The highest BCUT2D eigenvalue weighted by atomic mass is 79.9. The Kier molecular flexibility index (Phi) is 9.14. The number of nitrogens with one attached hydrogen (secondary N) is 1. The lowest BCUT2D eigenvalue weighted by Gasteiger charge is -2.14. The molecule has 3 aromatic rings. The van der Waals surface area contributed by atoms with Gasteiger partial charge >= 0.3 is 0 Å². The maximum Gasteiger partial charge on any atom is 0.244 e. The molecule has 3 aromatic carbocycles. The maximum atomic E-state index is 12.1. The van der Waals surface area contributed by atoms with Gasteiger partial charge in [0.25, 0.3) is 0 Å². The number of rotatable bonds is 9. The van der Waals surface area contributed by atoms with Gasteiger partial charge < -0.3 is 9.47 Å². The first-order valence-corrected chi connectivity index (χ1v) is 11.8. The molecule has 0 saturated carbocycles. The van der Waals surface area contributed by atoms with Crippen LogP contribution in [0, 0.1) is 0 Å². The van der Waals surface area contributed by atoms with Crippen LogP contribution in [-0.4, -0.2) is 18.7 Å². The quantitative estimate of drug-likeness (QED) is 0.231. The van der Waals surface area contributed by atoms with E-state index in [0.29, 0.717) is 29.7 Å². The van der Waals surface area contributed by atoms with Crippen LogP contribution in [0.4, 0.5) is 0 Å². The monoisotopic (exact) mass is 578 g/mol. The van der Waals surface area contributed by atoms with Crippen LogP contribution in [0.15, 0.2) is 74.7 Å². The number of carbonyl (C=O) groups is 1. The third-order valence-corrected chi connectivity index (χ3v) is 5.68. The number of hydrogen-bond donors (Lipinski definition) is 1. The number of benzene rings is 3. The van der Waals surface area contributed by atoms with Crippen molar-refractivity contribution in [3.05, 3.63) is 91.3 Å². The molecule has 8 heteroatoms. The van der Waals surface area contributed by atoms with Crippen LogP contribution >= 0.6 is 43.5 Å². The van der Waals surface area contributed by atoms with E-state index in [1.165, 1.54) is 0 Å². The van der Waals surface area contributed by atoms with E-state index in [9.17, 15) is 4.79 Å². The molecule has 0 atom stereocenters. The summed E-state index contributed by atoms with van der Waals surface area (Å²) in [4.78, 5) is 12.1. The van der Waals surface area contributed by atoms with Crippen molar-refractivity contribution >= 4 is 55.6 Å². The van der Waals surface area contributed by atoms with E-state index in [1.54, 1.807) is 6.21 Å². The lowest BCUT2D eigenvalue weighted by atomic mass is 10.1. The highest BCUT2D eigenvalue weighted by molar-refractivity contribution is 9.10. The molecule has 0 bridgehead atoms. The molecule has 0 aliphatic carbocycles. The topological polar surface area (TPSA) is 59.9 Å². The van der Waals surface area contributed by atoms with Crippen molar-refractivity contribution in [1.29, 1.82) is 0 Å². The van der Waals surface area contributed by atoms with Crippen molar-refractivity contribution in [2.75, 3.05) is 6.61 Å². The van der Waals surface area contributed by atoms with Crippen molar-refractivity contribution in [2.45, 2.75) is 20.0 Å². The third kappa shape index (κ3) is 7.36. The maximum absolute atomic E-state index is 12.1. The Morgan fingerprint density at radius 2 is 1.72 bits per heavy atom. The zero-order chi connectivity index (χ0) is 22.9. The second-order valence-corrected chi connectivity index (χ2v) is 8.98. The lowest BCUT2D eigenvalue weighted by molar-refractivity contribution is -0.120. The molecule has 0 fully saturated rings. The van der Waals surface area contributed by atoms with Crippen molar-refractivity contribution in [1.82, 2.24) is 5.43 Å². The molecule has 0 radical (unpaired) electrons. The zero-order valence-corrected chi connectivity index (χ0v) is 21.2. The first-order chi connectivity index (χ1) is 15.4. The number of carbonyl (C=O) groups excluding carboxylic acids is 1. The normalized spacial score (nSPS) is 10.9. The molecule has 32 heavy (non-hydrogen) atoms. The van der Waals surface area contributed by atoms with E-state index in [0.717, 1.165) is 25.6 Å². The summed E-state index contributed by atoms with van der Waals surface area (Å²) >= 11 is 12.9. The number of ether oxygens (including phenoxy) is 2. The van der Waals surface area contributed by atoms with Crippen LogP contribution in [0.5, 0.6) is 11.5 Å². The predicted octanol–water partition coefficient (Wildman–Crippen LogP) is 6.54. The second kappa shape index (κ2) is 12.0. The van der Waals surface area contributed by atoms with Crippen LogP contribution in [0.25, 0.3) is 0 Å². The van der Waals surface area contributed by atoms with Crippen LogP contribution in [0.1, 0.15) is 23.6 Å². The standard InChI is InChI=1S/C24H21Br2ClN2O3/c1-2-31-22-12-18(14-28-29-23(30)13-16-3-7-19(25)8-4-16)11-21(26)24(22)32-15-17-5-9-20(27)10-6-17/h3-12,14H,2,13,15H2,1H3,(H,29,30)/b28-14+. The minimum atomic E-state index is -0.199. The largest absolute Gasteiger partial charge is 0.490 e. The fourth-order valence-corrected chi connectivity index (χ4v) is 3.77. The smallest absolute Gasteiger partial charge is 0.244 e. The average molecular weight is 581 g/mol. The Bertz CT molecular complexity index is 1090. The Balaban J connectivity index is 1.65. The van der Waals surface area contributed by atoms with Gasteiger partial charge in [-0.3, -0.25) is 4.79 Å². The lowest BCUT2D eigenvalue weighted by Crippen LogP contribution is -2.19. The minimum absolute atomic E-state index is 0.199. The molecule has 0 aliphatic heterocycles. The van der Waals surface area contributed by atoms with Crippen LogP contribution in [0.2, 0.25) is 5.02 Å². The fraction of sp³-hybridized carbons (Fsp3) is 0.167. The molecule has 0 unspecified atom stereocenters. The van der Waals surface area contributed by atoms with Crippen molar-refractivity contribution in [3.63, 3.8) is 0 Å². The van der Waals surface area contributed by atoms with Crippen molar-refractivity contribution in [2.24, 2.45) is 5.10 Å². The molecule has 0 aromatic heterocycles. The van der Waals surface area contributed by atoms with Crippen molar-refractivity contribution < 1.29 is 14.3 Å². The van der Waals surface area contributed by atoms with E-state index in [1.807, 2.05) is 67.6 Å². The number of hydrogen-bond acceptors (Lipinski definition) is 4. The van der Waals surface area contributed by atoms with E-state index < -0.39 is 0 Å². The van der Waals surface area contributed by atoms with Gasteiger partial charge in [0.05, 0.1) is 23.7 Å². The van der Waals surface area contributed by atoms with Gasteiger partial charge in [-0.2, -0.15) is 5.10 Å². The van der Waals surface area contributed by atoms with Crippen molar-refractivity contribution in [3.8, 4) is 11.5 Å². The summed E-state index contributed by atoms with van der Waals surface area (Å²) in [7, 11) is 0. The van der Waals surface area contributed by atoms with Crippen LogP contribution in [-0.2, 0) is 17.8 Å². The SMILES string of the molecule is CCOc1cc(/C=N/NC(=O)Cc2ccc(Br)cc2)cc(Br)c1OCc1ccc(Cl)cc1. The Hall–Kier alpha value is -2.35. The number of halogens is 3. The van der Waals surface area contributed by atoms with E-state index in [4.69, 9.17) is 21.1 Å². The highest BCUT2D eigenvalue weighted by Crippen LogP contribution is 2.37. The first kappa shape index (κ1) is 24.3. The van der Waals surface area contributed by atoms with Gasteiger partial charge in [0.2, 0.25) is 5.91 Å².